The van der Waals surface area contributed by atoms with Crippen LogP contribution in [0.4, 0.5) is 14.9 Å². The number of anilines is 1. The van der Waals surface area contributed by atoms with Crippen LogP contribution in [0.25, 0.3) is 0 Å². The van der Waals surface area contributed by atoms with Crippen LogP contribution in [0, 0.1) is 11.7 Å². The smallest absolute Gasteiger partial charge is 0.321 e. The van der Waals surface area contributed by atoms with Gasteiger partial charge in [-0.05, 0) is 24.6 Å². The maximum atomic E-state index is 13.5. The van der Waals surface area contributed by atoms with Gasteiger partial charge in [0, 0.05) is 17.6 Å². The molecule has 7 heteroatoms. The van der Waals surface area contributed by atoms with Crippen molar-refractivity contribution in [2.45, 2.75) is 6.42 Å². The van der Waals surface area contributed by atoms with Gasteiger partial charge in [0.15, 0.2) is 0 Å². The van der Waals surface area contributed by atoms with Crippen LogP contribution in [0.15, 0.2) is 22.7 Å². The number of carboxylic acids is 1. The van der Waals surface area contributed by atoms with Gasteiger partial charge in [0.1, 0.15) is 5.82 Å². The molecule has 1 fully saturated rings. The first-order valence-electron chi connectivity index (χ1n) is 5.71. The Morgan fingerprint density at radius 3 is 2.79 bits per heavy atom. The Hall–Kier alpha value is -1.63. The SMILES string of the molecule is O=C(O)C1CCN(C(=O)Nc2ccc(Br)cc2F)C1. The van der Waals surface area contributed by atoms with Crippen molar-refractivity contribution in [3.8, 4) is 0 Å². The summed E-state index contributed by atoms with van der Waals surface area (Å²) in [7, 11) is 0. The van der Waals surface area contributed by atoms with Crippen molar-refractivity contribution in [1.29, 1.82) is 0 Å². The summed E-state index contributed by atoms with van der Waals surface area (Å²) in [4.78, 5) is 24.0. The molecule has 0 saturated carbocycles. The van der Waals surface area contributed by atoms with Gasteiger partial charge in [-0.2, -0.15) is 0 Å². The molecule has 1 unspecified atom stereocenters. The Morgan fingerprint density at radius 1 is 1.47 bits per heavy atom. The number of nitrogens with one attached hydrogen (secondary N) is 1. The zero-order chi connectivity index (χ0) is 14.0. The molecule has 0 radical (unpaired) electrons. The van der Waals surface area contributed by atoms with Gasteiger partial charge in [-0.3, -0.25) is 4.79 Å². The molecule has 1 atom stereocenters. The van der Waals surface area contributed by atoms with E-state index in [9.17, 15) is 14.0 Å². The van der Waals surface area contributed by atoms with Gasteiger partial charge in [-0.1, -0.05) is 15.9 Å². The van der Waals surface area contributed by atoms with Crippen LogP contribution < -0.4 is 5.32 Å². The molecule has 0 spiro atoms. The third-order valence-corrected chi connectivity index (χ3v) is 3.49. The fourth-order valence-corrected chi connectivity index (χ4v) is 2.26. The highest BCUT2D eigenvalue weighted by Crippen LogP contribution is 2.21. The average Bonchev–Trinajstić information content (AvgIpc) is 2.82. The first-order chi connectivity index (χ1) is 8.97. The molecule has 1 saturated heterocycles. The highest BCUT2D eigenvalue weighted by Gasteiger charge is 2.31. The summed E-state index contributed by atoms with van der Waals surface area (Å²) in [6, 6.07) is 3.83. The molecule has 1 aliphatic heterocycles. The number of hydrogen-bond donors (Lipinski definition) is 2. The number of amides is 2. The Labute approximate surface area is 117 Å². The number of benzene rings is 1. The third kappa shape index (κ3) is 3.23. The third-order valence-electron chi connectivity index (χ3n) is 3.00. The molecular weight excluding hydrogens is 319 g/mol. The molecular formula is C12H12BrFN2O3. The first kappa shape index (κ1) is 13.8. The molecule has 0 aliphatic carbocycles. The van der Waals surface area contributed by atoms with E-state index >= 15 is 0 Å². The Bertz CT molecular complexity index is 524. The fourth-order valence-electron chi connectivity index (χ4n) is 1.93. The molecule has 1 aliphatic rings. The van der Waals surface area contributed by atoms with Crippen molar-refractivity contribution in [3.63, 3.8) is 0 Å². The summed E-state index contributed by atoms with van der Waals surface area (Å²) in [5, 5.41) is 11.3. The number of halogens is 2. The molecule has 1 aromatic rings. The standard InChI is InChI=1S/C12H12BrFN2O3/c13-8-1-2-10(9(14)5-8)15-12(19)16-4-3-7(6-16)11(17)18/h1-2,5,7H,3-4,6H2,(H,15,19)(H,17,18). The second-order valence-corrected chi connectivity index (χ2v) is 5.24. The molecule has 2 N–H and O–H groups in total. The molecule has 1 aromatic carbocycles. The quantitative estimate of drug-likeness (QED) is 0.875. The van der Waals surface area contributed by atoms with Crippen molar-refractivity contribution in [2.75, 3.05) is 18.4 Å². The number of carbonyl (C=O) groups is 2. The molecule has 0 aromatic heterocycles. The highest BCUT2D eigenvalue weighted by molar-refractivity contribution is 9.10. The van der Waals surface area contributed by atoms with E-state index in [4.69, 9.17) is 5.11 Å². The van der Waals surface area contributed by atoms with Gasteiger partial charge in [-0.15, -0.1) is 0 Å². The van der Waals surface area contributed by atoms with Crippen LogP contribution in [0.1, 0.15) is 6.42 Å². The van der Waals surface area contributed by atoms with Gasteiger partial charge >= 0.3 is 12.0 Å². The van der Waals surface area contributed by atoms with Crippen molar-refractivity contribution in [2.24, 2.45) is 5.92 Å². The van der Waals surface area contributed by atoms with Gasteiger partial charge in [-0.25, -0.2) is 9.18 Å². The van der Waals surface area contributed by atoms with Crippen LogP contribution in [-0.2, 0) is 4.79 Å². The van der Waals surface area contributed by atoms with Crippen molar-refractivity contribution >= 4 is 33.6 Å². The normalized spacial score (nSPS) is 18.4. The Kier molecular flexibility index (Phi) is 4.04. The van der Waals surface area contributed by atoms with Gasteiger partial charge < -0.3 is 15.3 Å². The summed E-state index contributed by atoms with van der Waals surface area (Å²) in [5.41, 5.74) is 0.0759. The number of carboxylic acid groups (broad SMARTS) is 1. The maximum Gasteiger partial charge on any atom is 0.321 e. The summed E-state index contributed by atoms with van der Waals surface area (Å²) < 4.78 is 14.1. The lowest BCUT2D eigenvalue weighted by atomic mass is 10.1. The maximum absolute atomic E-state index is 13.5. The summed E-state index contributed by atoms with van der Waals surface area (Å²) in [5.74, 6) is -2.00. The number of aliphatic carboxylic acids is 1. The minimum Gasteiger partial charge on any atom is -0.481 e. The number of urea groups is 1. The van der Waals surface area contributed by atoms with Gasteiger partial charge in [0.2, 0.25) is 0 Å². The lowest BCUT2D eigenvalue weighted by molar-refractivity contribution is -0.141. The topological polar surface area (TPSA) is 69.6 Å². The van der Waals surface area contributed by atoms with Crippen molar-refractivity contribution < 1.29 is 19.1 Å². The minimum atomic E-state index is -0.912. The number of likely N-dealkylation sites (tertiary alicyclic amines) is 1. The highest BCUT2D eigenvalue weighted by atomic mass is 79.9. The van der Waals surface area contributed by atoms with Crippen molar-refractivity contribution in [1.82, 2.24) is 4.90 Å². The van der Waals surface area contributed by atoms with Gasteiger partial charge in [0.05, 0.1) is 11.6 Å². The van der Waals surface area contributed by atoms with E-state index in [-0.39, 0.29) is 12.2 Å². The lowest BCUT2D eigenvalue weighted by Gasteiger charge is -2.17. The lowest BCUT2D eigenvalue weighted by Crippen LogP contribution is -2.34. The number of nitrogens with zero attached hydrogens (tertiary/aromatic N) is 1. The first-order valence-corrected chi connectivity index (χ1v) is 6.50. The number of rotatable bonds is 2. The molecule has 1 heterocycles. The predicted molar refractivity (Wildman–Crippen MR) is 70.4 cm³/mol. The predicted octanol–water partition coefficient (Wildman–Crippen LogP) is 2.53. The van der Waals surface area contributed by atoms with E-state index in [1.807, 2.05) is 0 Å². The van der Waals surface area contributed by atoms with E-state index in [1.165, 1.54) is 17.0 Å². The van der Waals surface area contributed by atoms with E-state index in [0.29, 0.717) is 17.4 Å². The van der Waals surface area contributed by atoms with Crippen LogP contribution >= 0.6 is 15.9 Å². The van der Waals surface area contributed by atoms with Crippen LogP contribution in [-0.4, -0.2) is 35.1 Å². The van der Waals surface area contributed by atoms with E-state index < -0.39 is 23.7 Å². The van der Waals surface area contributed by atoms with E-state index in [2.05, 4.69) is 21.2 Å². The number of hydrogen-bond acceptors (Lipinski definition) is 2. The van der Waals surface area contributed by atoms with E-state index in [1.54, 1.807) is 6.07 Å². The number of carbonyl (C=O) groups excluding carboxylic acids is 1. The molecule has 2 amide bonds. The monoisotopic (exact) mass is 330 g/mol. The minimum absolute atomic E-state index is 0.0759. The zero-order valence-electron chi connectivity index (χ0n) is 9.90. The molecule has 5 nitrogen and oxygen atoms in total. The molecule has 0 bridgehead atoms. The summed E-state index contributed by atoms with van der Waals surface area (Å²) >= 11 is 3.12. The molecule has 2 rings (SSSR count). The largest absolute Gasteiger partial charge is 0.481 e. The van der Waals surface area contributed by atoms with Gasteiger partial charge in [0.25, 0.3) is 0 Å². The summed E-state index contributed by atoms with van der Waals surface area (Å²) in [6.45, 7) is 0.514. The average molecular weight is 331 g/mol. The van der Waals surface area contributed by atoms with Crippen LogP contribution in [0.3, 0.4) is 0 Å². The Morgan fingerprint density at radius 2 is 2.21 bits per heavy atom. The van der Waals surface area contributed by atoms with Crippen LogP contribution in [0.2, 0.25) is 0 Å². The van der Waals surface area contributed by atoms with E-state index in [0.717, 1.165) is 0 Å². The Balaban J connectivity index is 2.00. The summed E-state index contributed by atoms with van der Waals surface area (Å²) in [6.07, 6.45) is 0.422. The van der Waals surface area contributed by atoms with Crippen LogP contribution in [0.5, 0.6) is 0 Å². The zero-order valence-corrected chi connectivity index (χ0v) is 11.5. The second-order valence-electron chi connectivity index (χ2n) is 4.32. The van der Waals surface area contributed by atoms with Crippen molar-refractivity contribution in [3.05, 3.63) is 28.5 Å². The fraction of sp³-hybridized carbons (Fsp3) is 0.333. The molecule has 102 valence electrons. The second kappa shape index (κ2) is 5.56. The molecule has 19 heavy (non-hydrogen) atoms.